The third-order valence-corrected chi connectivity index (χ3v) is 4.01. The van der Waals surface area contributed by atoms with Crippen molar-refractivity contribution in [3.63, 3.8) is 0 Å². The monoisotopic (exact) mass is 474 g/mol. The zero-order chi connectivity index (χ0) is 18.2. The standard InChI is InChI=1S/C19H30N4O2.HI/c1-4-20-19(23-9-8-17(24)13-23)21-12-15-6-5-7-16(11-15)22-18(25)10-14(2)3;/h5-7,11,14,17,24H,4,8-10,12-13H2,1-3H3,(H,20,21)(H,22,25);1H/t17-;/m1./s1. The lowest BCUT2D eigenvalue weighted by molar-refractivity contribution is -0.116. The number of carbonyl (C=O) groups excluding carboxylic acids is 1. The van der Waals surface area contributed by atoms with Gasteiger partial charge in [-0.25, -0.2) is 4.99 Å². The van der Waals surface area contributed by atoms with Crippen LogP contribution in [0.2, 0.25) is 0 Å². The quantitative estimate of drug-likeness (QED) is 0.337. The summed E-state index contributed by atoms with van der Waals surface area (Å²) in [4.78, 5) is 18.7. The van der Waals surface area contributed by atoms with Gasteiger partial charge in [0.15, 0.2) is 5.96 Å². The van der Waals surface area contributed by atoms with E-state index in [1.807, 2.05) is 45.0 Å². The Morgan fingerprint density at radius 2 is 2.19 bits per heavy atom. The number of likely N-dealkylation sites (tertiary alicyclic amines) is 1. The number of amides is 1. The van der Waals surface area contributed by atoms with Crippen LogP contribution in [-0.4, -0.2) is 47.6 Å². The number of β-amino-alcohol motifs (C(OH)–C–C–N with tert-alkyl or cyclic N) is 1. The first kappa shape index (κ1) is 22.7. The number of carbonyl (C=O) groups is 1. The molecule has 0 aliphatic carbocycles. The van der Waals surface area contributed by atoms with Gasteiger partial charge in [-0.15, -0.1) is 24.0 Å². The van der Waals surface area contributed by atoms with Crippen LogP contribution < -0.4 is 10.6 Å². The molecule has 26 heavy (non-hydrogen) atoms. The van der Waals surface area contributed by atoms with E-state index in [0.717, 1.165) is 36.7 Å². The molecule has 1 aromatic rings. The molecule has 6 nitrogen and oxygen atoms in total. The molecule has 1 aliphatic heterocycles. The molecule has 1 atom stereocenters. The molecule has 146 valence electrons. The van der Waals surface area contributed by atoms with Gasteiger partial charge in [0.1, 0.15) is 0 Å². The molecule has 2 rings (SSSR count). The summed E-state index contributed by atoms with van der Waals surface area (Å²) < 4.78 is 0. The van der Waals surface area contributed by atoms with E-state index in [-0.39, 0.29) is 36.0 Å². The summed E-state index contributed by atoms with van der Waals surface area (Å²) in [5, 5.41) is 15.9. The van der Waals surface area contributed by atoms with Gasteiger partial charge in [-0.3, -0.25) is 4.79 Å². The number of aliphatic hydroxyl groups excluding tert-OH is 1. The van der Waals surface area contributed by atoms with E-state index in [2.05, 4.69) is 20.5 Å². The second kappa shape index (κ2) is 11.4. The molecule has 3 N–H and O–H groups in total. The summed E-state index contributed by atoms with van der Waals surface area (Å²) in [5.41, 5.74) is 1.84. The van der Waals surface area contributed by atoms with Gasteiger partial charge in [-0.05, 0) is 37.0 Å². The van der Waals surface area contributed by atoms with E-state index in [1.165, 1.54) is 0 Å². The van der Waals surface area contributed by atoms with Gasteiger partial charge in [0.2, 0.25) is 5.91 Å². The van der Waals surface area contributed by atoms with Gasteiger partial charge in [-0.1, -0.05) is 26.0 Å². The Balaban J connectivity index is 0.00000338. The van der Waals surface area contributed by atoms with E-state index in [1.54, 1.807) is 0 Å². The lowest BCUT2D eigenvalue weighted by Crippen LogP contribution is -2.40. The maximum atomic E-state index is 11.9. The molecule has 1 heterocycles. The molecular formula is C19H31IN4O2. The lowest BCUT2D eigenvalue weighted by Gasteiger charge is -2.21. The van der Waals surface area contributed by atoms with Gasteiger partial charge in [0.25, 0.3) is 0 Å². The van der Waals surface area contributed by atoms with Gasteiger partial charge >= 0.3 is 0 Å². The Morgan fingerprint density at radius 1 is 1.42 bits per heavy atom. The van der Waals surface area contributed by atoms with E-state index in [9.17, 15) is 9.90 Å². The largest absolute Gasteiger partial charge is 0.391 e. The molecule has 0 saturated carbocycles. The molecule has 1 amide bonds. The van der Waals surface area contributed by atoms with Crippen LogP contribution in [0, 0.1) is 5.92 Å². The summed E-state index contributed by atoms with van der Waals surface area (Å²) in [6.45, 7) is 8.85. The Bertz CT molecular complexity index is 607. The highest BCUT2D eigenvalue weighted by atomic mass is 127. The van der Waals surface area contributed by atoms with Crippen LogP contribution in [0.25, 0.3) is 0 Å². The van der Waals surface area contributed by atoms with Crippen LogP contribution in [0.15, 0.2) is 29.3 Å². The van der Waals surface area contributed by atoms with Crippen molar-refractivity contribution in [2.45, 2.75) is 46.3 Å². The molecule has 7 heteroatoms. The van der Waals surface area contributed by atoms with Gasteiger partial charge in [-0.2, -0.15) is 0 Å². The van der Waals surface area contributed by atoms with Crippen molar-refractivity contribution in [2.75, 3.05) is 25.0 Å². The second-order valence-electron chi connectivity index (χ2n) is 6.91. The third kappa shape index (κ3) is 7.49. The third-order valence-electron chi connectivity index (χ3n) is 4.01. The van der Waals surface area contributed by atoms with Gasteiger partial charge in [0.05, 0.1) is 12.6 Å². The minimum atomic E-state index is -0.275. The SMILES string of the molecule is CCNC(=NCc1cccc(NC(=O)CC(C)C)c1)N1CC[C@@H](O)C1.I. The number of hydrogen-bond donors (Lipinski definition) is 3. The van der Waals surface area contributed by atoms with E-state index < -0.39 is 0 Å². The molecule has 1 aliphatic rings. The molecular weight excluding hydrogens is 443 g/mol. The van der Waals surface area contributed by atoms with Crippen LogP contribution in [-0.2, 0) is 11.3 Å². The van der Waals surface area contributed by atoms with Crippen molar-refractivity contribution in [1.29, 1.82) is 0 Å². The Labute approximate surface area is 173 Å². The summed E-state index contributed by atoms with van der Waals surface area (Å²) in [7, 11) is 0. The average Bonchev–Trinajstić information content (AvgIpc) is 2.97. The first-order valence-corrected chi connectivity index (χ1v) is 9.08. The normalized spacial score (nSPS) is 17.2. The van der Waals surface area contributed by atoms with Crippen molar-refractivity contribution >= 4 is 41.5 Å². The first-order chi connectivity index (χ1) is 12.0. The topological polar surface area (TPSA) is 77.0 Å². The van der Waals surface area contributed by atoms with E-state index in [4.69, 9.17) is 0 Å². The van der Waals surface area contributed by atoms with Crippen LogP contribution in [0.3, 0.4) is 0 Å². The van der Waals surface area contributed by atoms with Crippen molar-refractivity contribution in [2.24, 2.45) is 10.9 Å². The van der Waals surface area contributed by atoms with Crippen molar-refractivity contribution < 1.29 is 9.90 Å². The number of halogens is 1. The fraction of sp³-hybridized carbons (Fsp3) is 0.579. The fourth-order valence-electron chi connectivity index (χ4n) is 2.86. The molecule has 0 bridgehead atoms. The van der Waals surface area contributed by atoms with Crippen LogP contribution in [0.1, 0.15) is 39.2 Å². The molecule has 0 unspecified atom stereocenters. The Morgan fingerprint density at radius 3 is 2.81 bits per heavy atom. The number of aliphatic imine (C=N–C) groups is 1. The molecule has 1 saturated heterocycles. The maximum Gasteiger partial charge on any atom is 0.224 e. The minimum absolute atomic E-state index is 0. The van der Waals surface area contributed by atoms with Crippen molar-refractivity contribution in [1.82, 2.24) is 10.2 Å². The maximum absolute atomic E-state index is 11.9. The van der Waals surface area contributed by atoms with E-state index in [0.29, 0.717) is 25.4 Å². The summed E-state index contributed by atoms with van der Waals surface area (Å²) in [5.74, 6) is 1.20. The lowest BCUT2D eigenvalue weighted by atomic mass is 10.1. The number of benzene rings is 1. The highest BCUT2D eigenvalue weighted by Crippen LogP contribution is 2.14. The first-order valence-electron chi connectivity index (χ1n) is 9.08. The Kier molecular flexibility index (Phi) is 9.93. The zero-order valence-electron chi connectivity index (χ0n) is 15.9. The zero-order valence-corrected chi connectivity index (χ0v) is 18.2. The predicted molar refractivity (Wildman–Crippen MR) is 117 cm³/mol. The minimum Gasteiger partial charge on any atom is -0.391 e. The number of guanidine groups is 1. The van der Waals surface area contributed by atoms with Crippen LogP contribution in [0.5, 0.6) is 0 Å². The summed E-state index contributed by atoms with van der Waals surface area (Å²) in [6, 6.07) is 7.80. The van der Waals surface area contributed by atoms with Crippen molar-refractivity contribution in [3.8, 4) is 0 Å². The Hall–Kier alpha value is -1.35. The van der Waals surface area contributed by atoms with Crippen LogP contribution in [0.4, 0.5) is 5.69 Å². The van der Waals surface area contributed by atoms with Crippen molar-refractivity contribution in [3.05, 3.63) is 29.8 Å². The smallest absolute Gasteiger partial charge is 0.224 e. The average molecular weight is 474 g/mol. The van der Waals surface area contributed by atoms with E-state index >= 15 is 0 Å². The summed E-state index contributed by atoms with van der Waals surface area (Å²) >= 11 is 0. The summed E-state index contributed by atoms with van der Waals surface area (Å²) in [6.07, 6.45) is 1.02. The number of aliphatic hydroxyl groups is 1. The van der Waals surface area contributed by atoms with Gasteiger partial charge < -0.3 is 20.6 Å². The van der Waals surface area contributed by atoms with Crippen LogP contribution >= 0.6 is 24.0 Å². The number of rotatable bonds is 6. The van der Waals surface area contributed by atoms with Gasteiger partial charge in [0, 0.05) is 31.7 Å². The highest BCUT2D eigenvalue weighted by molar-refractivity contribution is 14.0. The molecule has 0 spiro atoms. The predicted octanol–water partition coefficient (Wildman–Crippen LogP) is 2.82. The highest BCUT2D eigenvalue weighted by Gasteiger charge is 2.22. The second-order valence-corrected chi connectivity index (χ2v) is 6.91. The fourth-order valence-corrected chi connectivity index (χ4v) is 2.86. The molecule has 1 fully saturated rings. The number of hydrogen-bond acceptors (Lipinski definition) is 3. The number of nitrogens with one attached hydrogen (secondary N) is 2. The molecule has 0 aromatic heterocycles. The molecule has 0 radical (unpaired) electrons. The number of anilines is 1. The number of nitrogens with zero attached hydrogens (tertiary/aromatic N) is 2. The molecule has 1 aromatic carbocycles.